The van der Waals surface area contributed by atoms with Gasteiger partial charge in [-0.25, -0.2) is 4.98 Å². The maximum Gasteiger partial charge on any atom is 0.251 e. The first-order valence-corrected chi connectivity index (χ1v) is 7.71. The monoisotopic (exact) mass is 297 g/mol. The Labute approximate surface area is 126 Å². The van der Waals surface area contributed by atoms with Crippen molar-refractivity contribution in [2.75, 3.05) is 0 Å². The summed E-state index contributed by atoms with van der Waals surface area (Å²) in [6.07, 6.45) is 2.54. The van der Waals surface area contributed by atoms with Crippen LogP contribution in [0.15, 0.2) is 48.1 Å². The fourth-order valence-corrected chi connectivity index (χ4v) is 2.92. The van der Waals surface area contributed by atoms with E-state index in [9.17, 15) is 4.79 Å². The number of pyridine rings is 1. The van der Waals surface area contributed by atoms with Crippen molar-refractivity contribution in [3.8, 4) is 0 Å². The number of thiazole rings is 1. The first kappa shape index (κ1) is 13.7. The van der Waals surface area contributed by atoms with Gasteiger partial charge < -0.3 is 5.32 Å². The number of nitrogens with zero attached hydrogens (tertiary/aromatic N) is 2. The van der Waals surface area contributed by atoms with Crippen molar-refractivity contribution in [1.29, 1.82) is 0 Å². The Bertz CT molecular complexity index is 754. The van der Waals surface area contributed by atoms with Crippen molar-refractivity contribution in [2.45, 2.75) is 19.4 Å². The molecule has 0 saturated heterocycles. The highest BCUT2D eigenvalue weighted by molar-refractivity contribution is 7.16. The molecule has 0 spiro atoms. The molecule has 0 aliphatic carbocycles. The van der Waals surface area contributed by atoms with Crippen molar-refractivity contribution < 1.29 is 4.79 Å². The minimum Gasteiger partial charge on any atom is -0.344 e. The predicted octanol–water partition coefficient (Wildman–Crippen LogP) is 3.57. The summed E-state index contributed by atoms with van der Waals surface area (Å²) in [7, 11) is 0. The third-order valence-electron chi connectivity index (χ3n) is 3.35. The van der Waals surface area contributed by atoms with Crippen LogP contribution in [-0.4, -0.2) is 15.9 Å². The van der Waals surface area contributed by atoms with Gasteiger partial charge in [0.2, 0.25) is 0 Å². The highest BCUT2D eigenvalue weighted by Crippen LogP contribution is 2.20. The third kappa shape index (κ3) is 2.92. The fraction of sp³-hybridized carbons (Fsp3) is 0.188. The molecule has 0 radical (unpaired) electrons. The number of fused-ring (bicyclic) bond motifs is 1. The minimum absolute atomic E-state index is 0.0733. The molecular weight excluding hydrogens is 282 g/mol. The van der Waals surface area contributed by atoms with Gasteiger partial charge in [-0.3, -0.25) is 9.78 Å². The lowest BCUT2D eigenvalue weighted by Crippen LogP contribution is -2.28. The van der Waals surface area contributed by atoms with E-state index in [0.29, 0.717) is 5.56 Å². The summed E-state index contributed by atoms with van der Waals surface area (Å²) in [4.78, 5) is 20.9. The number of hydrogen-bond donors (Lipinski definition) is 1. The molecule has 4 nitrogen and oxygen atoms in total. The number of amides is 1. The van der Waals surface area contributed by atoms with Crippen LogP contribution in [0, 0.1) is 0 Å². The highest BCUT2D eigenvalue weighted by atomic mass is 32.1. The van der Waals surface area contributed by atoms with Crippen LogP contribution in [0.5, 0.6) is 0 Å². The number of carbonyl (C=O) groups excluding carboxylic acids is 1. The SMILES string of the molecule is CC[C@H](NC(=O)c1ccc2ncsc2c1)c1ccccn1. The van der Waals surface area contributed by atoms with Crippen molar-refractivity contribution >= 4 is 27.5 Å². The molecule has 0 unspecified atom stereocenters. The second kappa shape index (κ2) is 6.01. The zero-order chi connectivity index (χ0) is 14.7. The number of aromatic nitrogens is 2. The van der Waals surface area contributed by atoms with Gasteiger partial charge in [0.1, 0.15) is 0 Å². The van der Waals surface area contributed by atoms with Crippen molar-refractivity contribution in [1.82, 2.24) is 15.3 Å². The summed E-state index contributed by atoms with van der Waals surface area (Å²) in [5.41, 5.74) is 4.25. The van der Waals surface area contributed by atoms with E-state index in [-0.39, 0.29) is 11.9 Å². The molecule has 0 aliphatic rings. The molecule has 0 bridgehead atoms. The van der Waals surface area contributed by atoms with Crippen LogP contribution in [-0.2, 0) is 0 Å². The van der Waals surface area contributed by atoms with Crippen LogP contribution in [0.4, 0.5) is 0 Å². The molecule has 3 aromatic rings. The van der Waals surface area contributed by atoms with Gasteiger partial charge in [0.05, 0.1) is 27.5 Å². The molecule has 3 rings (SSSR count). The fourth-order valence-electron chi connectivity index (χ4n) is 2.21. The average molecular weight is 297 g/mol. The van der Waals surface area contributed by atoms with Gasteiger partial charge in [-0.1, -0.05) is 13.0 Å². The van der Waals surface area contributed by atoms with E-state index >= 15 is 0 Å². The lowest BCUT2D eigenvalue weighted by atomic mass is 10.1. The second-order valence-corrected chi connectivity index (χ2v) is 5.61. The van der Waals surface area contributed by atoms with Crippen molar-refractivity contribution in [2.24, 2.45) is 0 Å². The Hall–Kier alpha value is -2.27. The van der Waals surface area contributed by atoms with Gasteiger partial charge >= 0.3 is 0 Å². The smallest absolute Gasteiger partial charge is 0.251 e. The molecule has 0 fully saturated rings. The Morgan fingerprint density at radius 1 is 1.29 bits per heavy atom. The van der Waals surface area contributed by atoms with E-state index in [1.165, 1.54) is 11.3 Å². The minimum atomic E-state index is -0.0807. The normalized spacial score (nSPS) is 12.2. The summed E-state index contributed by atoms with van der Waals surface area (Å²) in [5, 5.41) is 3.04. The van der Waals surface area contributed by atoms with Crippen LogP contribution < -0.4 is 5.32 Å². The zero-order valence-corrected chi connectivity index (χ0v) is 12.4. The molecule has 0 aliphatic heterocycles. The Morgan fingerprint density at radius 2 is 2.19 bits per heavy atom. The van der Waals surface area contributed by atoms with Gasteiger partial charge in [0, 0.05) is 11.8 Å². The molecule has 106 valence electrons. The van der Waals surface area contributed by atoms with Crippen molar-refractivity contribution in [3.63, 3.8) is 0 Å². The van der Waals surface area contributed by atoms with Gasteiger partial charge in [-0.05, 0) is 36.8 Å². The van der Waals surface area contributed by atoms with Gasteiger partial charge in [-0.15, -0.1) is 11.3 Å². The van der Waals surface area contributed by atoms with Crippen molar-refractivity contribution in [3.05, 3.63) is 59.4 Å². The molecule has 5 heteroatoms. The Morgan fingerprint density at radius 3 is 2.95 bits per heavy atom. The summed E-state index contributed by atoms with van der Waals surface area (Å²) >= 11 is 1.54. The number of carbonyl (C=O) groups is 1. The molecule has 2 aromatic heterocycles. The maximum absolute atomic E-state index is 12.4. The van der Waals surface area contributed by atoms with Crippen LogP contribution in [0.1, 0.15) is 35.4 Å². The standard InChI is InChI=1S/C16H15N3OS/c1-2-12(13-5-3-4-8-17-13)19-16(20)11-6-7-14-15(9-11)21-10-18-14/h3-10,12H,2H2,1H3,(H,19,20)/t12-/m0/s1. The van der Waals surface area contributed by atoms with E-state index in [4.69, 9.17) is 0 Å². The first-order chi connectivity index (χ1) is 10.3. The summed E-state index contributed by atoms with van der Waals surface area (Å²) in [6.45, 7) is 2.03. The van der Waals surface area contributed by atoms with Crippen LogP contribution in [0.3, 0.4) is 0 Å². The first-order valence-electron chi connectivity index (χ1n) is 6.83. The van der Waals surface area contributed by atoms with E-state index in [1.54, 1.807) is 11.7 Å². The molecule has 2 heterocycles. The predicted molar refractivity (Wildman–Crippen MR) is 84.4 cm³/mol. The number of hydrogen-bond acceptors (Lipinski definition) is 4. The maximum atomic E-state index is 12.4. The summed E-state index contributed by atoms with van der Waals surface area (Å²) in [5.74, 6) is -0.0807. The van der Waals surface area contributed by atoms with Gasteiger partial charge in [0.25, 0.3) is 5.91 Å². The summed E-state index contributed by atoms with van der Waals surface area (Å²) < 4.78 is 1.02. The van der Waals surface area contributed by atoms with Crippen LogP contribution >= 0.6 is 11.3 Å². The molecule has 0 saturated carbocycles. The lowest BCUT2D eigenvalue weighted by molar-refractivity contribution is 0.0935. The molecule has 1 aromatic carbocycles. The topological polar surface area (TPSA) is 54.9 Å². The molecular formula is C16H15N3OS. The van der Waals surface area contributed by atoms with E-state index in [2.05, 4.69) is 15.3 Å². The van der Waals surface area contributed by atoms with Gasteiger partial charge in [0.15, 0.2) is 0 Å². The van der Waals surface area contributed by atoms with Crippen LogP contribution in [0.2, 0.25) is 0 Å². The third-order valence-corrected chi connectivity index (χ3v) is 4.14. The van der Waals surface area contributed by atoms with E-state index in [0.717, 1.165) is 22.3 Å². The largest absolute Gasteiger partial charge is 0.344 e. The number of benzene rings is 1. The lowest BCUT2D eigenvalue weighted by Gasteiger charge is -2.16. The second-order valence-electron chi connectivity index (χ2n) is 4.72. The van der Waals surface area contributed by atoms with Crippen LogP contribution in [0.25, 0.3) is 10.2 Å². The molecule has 21 heavy (non-hydrogen) atoms. The molecule has 1 atom stereocenters. The van der Waals surface area contributed by atoms with E-state index < -0.39 is 0 Å². The average Bonchev–Trinajstić information content (AvgIpc) is 3.00. The van der Waals surface area contributed by atoms with E-state index in [1.807, 2.05) is 43.3 Å². The Balaban J connectivity index is 1.81. The van der Waals surface area contributed by atoms with Gasteiger partial charge in [-0.2, -0.15) is 0 Å². The number of nitrogens with one attached hydrogen (secondary N) is 1. The number of rotatable bonds is 4. The Kier molecular flexibility index (Phi) is 3.92. The molecule has 1 N–H and O–H groups in total. The highest BCUT2D eigenvalue weighted by Gasteiger charge is 2.15. The quantitative estimate of drug-likeness (QED) is 0.801. The zero-order valence-electron chi connectivity index (χ0n) is 11.6. The summed E-state index contributed by atoms with van der Waals surface area (Å²) in [6, 6.07) is 11.2. The molecule has 1 amide bonds.